The van der Waals surface area contributed by atoms with Crippen LogP contribution in [0.4, 0.5) is 0 Å². The first-order valence-corrected chi connectivity index (χ1v) is 8.47. The molecule has 1 aromatic carbocycles. The van der Waals surface area contributed by atoms with Crippen molar-refractivity contribution in [3.63, 3.8) is 0 Å². The topological polar surface area (TPSA) is 105 Å². The van der Waals surface area contributed by atoms with Crippen molar-refractivity contribution in [2.24, 2.45) is 11.8 Å². The van der Waals surface area contributed by atoms with Gasteiger partial charge in [0.05, 0.1) is 0 Å². The largest absolute Gasteiger partial charge is 0.422 e. The van der Waals surface area contributed by atoms with E-state index >= 15 is 0 Å². The Labute approximate surface area is 155 Å². The van der Waals surface area contributed by atoms with Crippen LogP contribution in [0, 0.1) is 11.8 Å². The van der Waals surface area contributed by atoms with Crippen LogP contribution >= 0.6 is 0 Å². The Morgan fingerprint density at radius 1 is 0.667 bits per heavy atom. The third-order valence-electron chi connectivity index (χ3n) is 4.30. The summed E-state index contributed by atoms with van der Waals surface area (Å²) in [4.78, 5) is 50.4. The van der Waals surface area contributed by atoms with Gasteiger partial charge in [-0.15, -0.1) is 0 Å². The molecule has 1 aromatic rings. The molecule has 2 aliphatic heterocycles. The molecule has 3 rings (SSSR count). The average molecular weight is 376 g/mol. The van der Waals surface area contributed by atoms with Gasteiger partial charge in [-0.3, -0.25) is 19.2 Å². The van der Waals surface area contributed by atoms with Crippen LogP contribution in [0.2, 0.25) is 0 Å². The number of cyclic esters (lactones) is 4. The van der Waals surface area contributed by atoms with Gasteiger partial charge in [0, 0.05) is 33.6 Å². The number of ether oxygens (including phenoxy) is 4. The molecule has 27 heavy (non-hydrogen) atoms. The van der Waals surface area contributed by atoms with Crippen LogP contribution in [0.5, 0.6) is 0 Å². The molecule has 0 amide bonds. The van der Waals surface area contributed by atoms with Gasteiger partial charge >= 0.3 is 23.9 Å². The summed E-state index contributed by atoms with van der Waals surface area (Å²) in [7, 11) is 0. The van der Waals surface area contributed by atoms with Crippen molar-refractivity contribution < 1.29 is 38.1 Å². The average Bonchev–Trinajstić information content (AvgIpc) is 2.50. The van der Waals surface area contributed by atoms with Crippen LogP contribution in [-0.4, -0.2) is 35.5 Å². The number of hydrogen-bond donors (Lipinski definition) is 0. The second kappa shape index (κ2) is 6.37. The van der Waals surface area contributed by atoms with Crippen molar-refractivity contribution in [3.05, 3.63) is 35.9 Å². The fourth-order valence-corrected chi connectivity index (χ4v) is 3.30. The molecule has 0 aromatic heterocycles. The number of esters is 4. The van der Waals surface area contributed by atoms with E-state index in [0.29, 0.717) is 5.56 Å². The molecule has 2 saturated heterocycles. The minimum absolute atomic E-state index is 0.412. The molecule has 0 saturated carbocycles. The van der Waals surface area contributed by atoms with Crippen LogP contribution in [0.25, 0.3) is 0 Å². The zero-order valence-corrected chi connectivity index (χ0v) is 15.4. The number of hydrogen-bond acceptors (Lipinski definition) is 8. The molecule has 2 fully saturated rings. The summed E-state index contributed by atoms with van der Waals surface area (Å²) in [5, 5.41) is 0. The van der Waals surface area contributed by atoms with Crippen molar-refractivity contribution in [1.82, 2.24) is 0 Å². The summed E-state index contributed by atoms with van der Waals surface area (Å²) < 4.78 is 20.7. The highest BCUT2D eigenvalue weighted by Crippen LogP contribution is 2.41. The number of rotatable bonds is 3. The summed E-state index contributed by atoms with van der Waals surface area (Å²) >= 11 is 0. The number of carbonyl (C=O) groups excluding carboxylic acids is 4. The predicted molar refractivity (Wildman–Crippen MR) is 88.7 cm³/mol. The maximum Gasteiger partial charge on any atom is 0.324 e. The Morgan fingerprint density at radius 3 is 1.33 bits per heavy atom. The van der Waals surface area contributed by atoms with Crippen LogP contribution in [0.3, 0.4) is 0 Å². The lowest BCUT2D eigenvalue weighted by atomic mass is 9.75. The Hall–Kier alpha value is -2.90. The normalized spacial score (nSPS) is 22.7. The molecule has 144 valence electrons. The standard InChI is InChI=1S/C19H20O8/c1-18(2)24-14(20)12(15(21)25-18)11(10-8-6-5-7-9-10)13-16(22)26-19(3,4)27-17(13)23/h5-9,11-13H,1-4H3. The van der Waals surface area contributed by atoms with E-state index in [9.17, 15) is 19.2 Å². The van der Waals surface area contributed by atoms with E-state index in [2.05, 4.69) is 0 Å². The van der Waals surface area contributed by atoms with Gasteiger partial charge < -0.3 is 18.9 Å². The Bertz CT molecular complexity index is 707. The molecular formula is C19H20O8. The summed E-state index contributed by atoms with van der Waals surface area (Å²) in [6.45, 7) is 5.68. The number of benzene rings is 1. The predicted octanol–water partition coefficient (Wildman–Crippen LogP) is 1.67. The lowest BCUT2D eigenvalue weighted by Gasteiger charge is -2.40. The van der Waals surface area contributed by atoms with Gasteiger partial charge in [0.1, 0.15) is 0 Å². The SMILES string of the molecule is CC1(C)OC(=O)C(C(c2ccccc2)C2C(=O)OC(C)(C)OC2=O)C(=O)O1. The summed E-state index contributed by atoms with van der Waals surface area (Å²) in [5.41, 5.74) is 0.412. The first-order chi connectivity index (χ1) is 12.5. The van der Waals surface area contributed by atoms with Crippen molar-refractivity contribution in [2.75, 3.05) is 0 Å². The second-order valence-electron chi connectivity index (χ2n) is 7.38. The monoisotopic (exact) mass is 376 g/mol. The highest BCUT2D eigenvalue weighted by Gasteiger charge is 2.56. The molecule has 0 aliphatic carbocycles. The van der Waals surface area contributed by atoms with E-state index in [-0.39, 0.29) is 0 Å². The lowest BCUT2D eigenvalue weighted by Crippen LogP contribution is -2.54. The van der Waals surface area contributed by atoms with Crippen molar-refractivity contribution >= 4 is 23.9 Å². The minimum Gasteiger partial charge on any atom is -0.422 e. The van der Waals surface area contributed by atoms with E-state index in [1.54, 1.807) is 30.3 Å². The van der Waals surface area contributed by atoms with E-state index in [4.69, 9.17) is 18.9 Å². The minimum atomic E-state index is -1.51. The quantitative estimate of drug-likeness (QED) is 0.579. The maximum absolute atomic E-state index is 12.6. The molecule has 0 atom stereocenters. The van der Waals surface area contributed by atoms with E-state index in [1.165, 1.54) is 27.7 Å². The van der Waals surface area contributed by atoms with Gasteiger partial charge in [-0.25, -0.2) is 0 Å². The van der Waals surface area contributed by atoms with Crippen LogP contribution in [0.1, 0.15) is 39.2 Å². The first-order valence-electron chi connectivity index (χ1n) is 8.47. The van der Waals surface area contributed by atoms with Gasteiger partial charge in [0.25, 0.3) is 11.6 Å². The Morgan fingerprint density at radius 2 is 1.00 bits per heavy atom. The molecule has 0 unspecified atom stereocenters. The van der Waals surface area contributed by atoms with Crippen LogP contribution in [0.15, 0.2) is 30.3 Å². The lowest BCUT2D eigenvalue weighted by molar-refractivity contribution is -0.247. The molecule has 8 heteroatoms. The van der Waals surface area contributed by atoms with E-state index in [1.807, 2.05) is 0 Å². The first kappa shape index (κ1) is 18.9. The van der Waals surface area contributed by atoms with Crippen LogP contribution in [-0.2, 0) is 38.1 Å². The zero-order valence-electron chi connectivity index (χ0n) is 15.4. The molecule has 0 bridgehead atoms. The van der Waals surface area contributed by atoms with Gasteiger partial charge in [0.2, 0.25) is 0 Å². The smallest absolute Gasteiger partial charge is 0.324 e. The van der Waals surface area contributed by atoms with E-state index < -0.39 is 53.2 Å². The maximum atomic E-state index is 12.6. The molecule has 2 aliphatic rings. The van der Waals surface area contributed by atoms with E-state index in [0.717, 1.165) is 0 Å². The van der Waals surface area contributed by atoms with Crippen molar-refractivity contribution in [1.29, 1.82) is 0 Å². The third-order valence-corrected chi connectivity index (χ3v) is 4.30. The van der Waals surface area contributed by atoms with Crippen LogP contribution < -0.4 is 0 Å². The highest BCUT2D eigenvalue weighted by molar-refractivity contribution is 6.03. The van der Waals surface area contributed by atoms with Crippen molar-refractivity contribution in [3.8, 4) is 0 Å². The fraction of sp³-hybridized carbons (Fsp3) is 0.474. The summed E-state index contributed by atoms with van der Waals surface area (Å²) in [5.74, 6) is -10.6. The van der Waals surface area contributed by atoms with Gasteiger partial charge in [-0.1, -0.05) is 30.3 Å². The van der Waals surface area contributed by atoms with Crippen molar-refractivity contribution in [2.45, 2.75) is 45.2 Å². The molecule has 0 spiro atoms. The fourth-order valence-electron chi connectivity index (χ4n) is 3.30. The van der Waals surface area contributed by atoms with Gasteiger partial charge in [-0.2, -0.15) is 0 Å². The summed E-state index contributed by atoms with van der Waals surface area (Å²) in [6.07, 6.45) is 0. The second-order valence-corrected chi connectivity index (χ2v) is 7.38. The number of carbonyl (C=O) groups is 4. The molecule has 2 heterocycles. The Balaban J connectivity index is 2.06. The Kier molecular flexibility index (Phi) is 4.45. The highest BCUT2D eigenvalue weighted by atomic mass is 16.8. The molecule has 0 radical (unpaired) electrons. The van der Waals surface area contributed by atoms with Gasteiger partial charge in [-0.05, 0) is 5.56 Å². The zero-order chi connectivity index (χ0) is 20.0. The molecule has 8 nitrogen and oxygen atoms in total. The molecule has 0 N–H and O–H groups in total. The summed E-state index contributed by atoms with van der Waals surface area (Å²) in [6, 6.07) is 8.25. The van der Waals surface area contributed by atoms with Gasteiger partial charge in [0.15, 0.2) is 11.8 Å². The third kappa shape index (κ3) is 3.65. The molecular weight excluding hydrogens is 356 g/mol.